The van der Waals surface area contributed by atoms with Gasteiger partial charge < -0.3 is 20.5 Å². The third-order valence-electron chi connectivity index (χ3n) is 3.33. The van der Waals surface area contributed by atoms with E-state index in [1.807, 2.05) is 45.0 Å². The minimum absolute atomic E-state index is 0.398. The summed E-state index contributed by atoms with van der Waals surface area (Å²) in [5.74, 6) is 0.842. The van der Waals surface area contributed by atoms with E-state index in [2.05, 4.69) is 10.3 Å². The van der Waals surface area contributed by atoms with Gasteiger partial charge in [0.2, 0.25) is 0 Å². The van der Waals surface area contributed by atoms with E-state index in [0.29, 0.717) is 19.7 Å². The molecule has 6 nitrogen and oxygen atoms in total. The van der Waals surface area contributed by atoms with Crippen molar-refractivity contribution in [3.8, 4) is 16.3 Å². The molecule has 1 heterocycles. The molecule has 0 spiro atoms. The Hall–Kier alpha value is -2.12. The van der Waals surface area contributed by atoms with Crippen LogP contribution in [0.4, 0.5) is 4.79 Å². The molecule has 0 fully saturated rings. The third kappa shape index (κ3) is 7.01. The molecule has 1 aromatic carbocycles. The van der Waals surface area contributed by atoms with Crippen LogP contribution < -0.4 is 15.8 Å². The first-order valence-corrected chi connectivity index (χ1v) is 9.54. The van der Waals surface area contributed by atoms with Gasteiger partial charge in [0.25, 0.3) is 0 Å². The molecule has 0 aliphatic rings. The van der Waals surface area contributed by atoms with E-state index >= 15 is 0 Å². The molecule has 0 aliphatic carbocycles. The van der Waals surface area contributed by atoms with Gasteiger partial charge in [0.15, 0.2) is 0 Å². The average molecular weight is 378 g/mol. The van der Waals surface area contributed by atoms with E-state index in [-0.39, 0.29) is 0 Å². The highest BCUT2D eigenvalue weighted by molar-refractivity contribution is 7.15. The van der Waals surface area contributed by atoms with Crippen molar-refractivity contribution in [1.29, 1.82) is 0 Å². The van der Waals surface area contributed by atoms with Gasteiger partial charge in [-0.2, -0.15) is 0 Å². The summed E-state index contributed by atoms with van der Waals surface area (Å²) in [6.45, 7) is 7.27. The molecule has 0 saturated carbocycles. The molecule has 0 unspecified atom stereocenters. The molecule has 0 saturated heterocycles. The minimum atomic E-state index is -0.503. The highest BCUT2D eigenvalue weighted by Crippen LogP contribution is 2.27. The average Bonchev–Trinajstić information content (AvgIpc) is 3.05. The number of aromatic nitrogens is 1. The third-order valence-corrected chi connectivity index (χ3v) is 4.37. The number of thiazole rings is 1. The lowest BCUT2D eigenvalue weighted by molar-refractivity contribution is 0.0524. The maximum absolute atomic E-state index is 11.7. The molecule has 2 aromatic rings. The van der Waals surface area contributed by atoms with Gasteiger partial charge in [-0.15, -0.1) is 11.3 Å². The van der Waals surface area contributed by atoms with E-state index < -0.39 is 11.7 Å². The summed E-state index contributed by atoms with van der Waals surface area (Å²) in [6.07, 6.45) is 3.27. The van der Waals surface area contributed by atoms with Crippen molar-refractivity contribution >= 4 is 17.4 Å². The smallest absolute Gasteiger partial charge is 0.407 e. The van der Waals surface area contributed by atoms with E-state index in [1.54, 1.807) is 17.5 Å². The second-order valence-electron chi connectivity index (χ2n) is 6.86. The molecule has 0 atom stereocenters. The van der Waals surface area contributed by atoms with Crippen molar-refractivity contribution in [2.45, 2.75) is 45.8 Å². The van der Waals surface area contributed by atoms with Crippen molar-refractivity contribution in [3.63, 3.8) is 0 Å². The van der Waals surface area contributed by atoms with Gasteiger partial charge in [0.1, 0.15) is 16.4 Å². The SMILES string of the molecule is CC(C)(C)OC(=O)NCc1cnc(-c2ccc(OCCCCN)cc2)s1. The van der Waals surface area contributed by atoms with Gasteiger partial charge in [-0.25, -0.2) is 9.78 Å². The molecule has 2 rings (SSSR count). The zero-order valence-electron chi connectivity index (χ0n) is 15.6. The Labute approximate surface area is 158 Å². The number of carbonyl (C=O) groups is 1. The summed E-state index contributed by atoms with van der Waals surface area (Å²) in [6, 6.07) is 7.86. The van der Waals surface area contributed by atoms with Gasteiger partial charge >= 0.3 is 6.09 Å². The molecule has 1 amide bonds. The van der Waals surface area contributed by atoms with Crippen LogP contribution in [0.25, 0.3) is 10.6 Å². The number of hydrogen-bond acceptors (Lipinski definition) is 6. The lowest BCUT2D eigenvalue weighted by Crippen LogP contribution is -2.31. The summed E-state index contributed by atoms with van der Waals surface area (Å²) >= 11 is 1.54. The fourth-order valence-electron chi connectivity index (χ4n) is 2.13. The molecule has 26 heavy (non-hydrogen) atoms. The summed E-state index contributed by atoms with van der Waals surface area (Å²) in [5.41, 5.74) is 5.99. The maximum atomic E-state index is 11.7. The van der Waals surface area contributed by atoms with E-state index in [0.717, 1.165) is 34.0 Å². The second-order valence-corrected chi connectivity index (χ2v) is 7.97. The van der Waals surface area contributed by atoms with Crippen LogP contribution >= 0.6 is 11.3 Å². The summed E-state index contributed by atoms with van der Waals surface area (Å²) in [7, 11) is 0. The van der Waals surface area contributed by atoms with Crippen LogP contribution in [0.5, 0.6) is 5.75 Å². The highest BCUT2D eigenvalue weighted by Gasteiger charge is 2.16. The molecular formula is C19H27N3O3S. The summed E-state index contributed by atoms with van der Waals surface area (Å²) < 4.78 is 10.9. The van der Waals surface area contributed by atoms with E-state index in [4.69, 9.17) is 15.2 Å². The Kier molecular flexibility index (Phi) is 7.41. The van der Waals surface area contributed by atoms with Gasteiger partial charge in [-0.05, 0) is 64.4 Å². The molecule has 7 heteroatoms. The molecule has 142 valence electrons. The van der Waals surface area contributed by atoms with Crippen LogP contribution in [0.3, 0.4) is 0 Å². The summed E-state index contributed by atoms with van der Waals surface area (Å²) in [4.78, 5) is 17.1. The molecule has 3 N–H and O–H groups in total. The number of nitrogens with two attached hydrogens (primary N) is 1. The first kappa shape index (κ1) is 20.2. The van der Waals surface area contributed by atoms with Crippen LogP contribution in [0.15, 0.2) is 30.5 Å². The van der Waals surface area contributed by atoms with Crippen molar-refractivity contribution in [2.75, 3.05) is 13.2 Å². The number of benzene rings is 1. The van der Waals surface area contributed by atoms with Crippen molar-refractivity contribution in [1.82, 2.24) is 10.3 Å². The second kappa shape index (κ2) is 9.54. The number of hydrogen-bond donors (Lipinski definition) is 2. The van der Waals surface area contributed by atoms with Crippen molar-refractivity contribution in [3.05, 3.63) is 35.3 Å². The Balaban J connectivity index is 1.85. The lowest BCUT2D eigenvalue weighted by Gasteiger charge is -2.19. The monoisotopic (exact) mass is 377 g/mol. The molecule has 0 bridgehead atoms. The Morgan fingerprint density at radius 2 is 1.96 bits per heavy atom. The highest BCUT2D eigenvalue weighted by atomic mass is 32.1. The Bertz CT molecular complexity index is 693. The number of amides is 1. The predicted molar refractivity (Wildman–Crippen MR) is 104 cm³/mol. The number of carbonyl (C=O) groups excluding carboxylic acids is 1. The van der Waals surface area contributed by atoms with Gasteiger partial charge in [-0.1, -0.05) is 0 Å². The zero-order chi connectivity index (χ0) is 19.0. The van der Waals surface area contributed by atoms with Gasteiger partial charge in [0, 0.05) is 16.6 Å². The van der Waals surface area contributed by atoms with Crippen molar-refractivity contribution in [2.24, 2.45) is 5.73 Å². The van der Waals surface area contributed by atoms with Crippen LogP contribution in [-0.4, -0.2) is 29.8 Å². The number of ether oxygens (including phenoxy) is 2. The standard InChI is InChI=1S/C19H27N3O3S/c1-19(2,3)25-18(23)22-13-16-12-21-17(26-16)14-6-8-15(9-7-14)24-11-5-4-10-20/h6-9,12H,4-5,10-11,13,20H2,1-3H3,(H,22,23). The minimum Gasteiger partial charge on any atom is -0.494 e. The molecule has 0 radical (unpaired) electrons. The maximum Gasteiger partial charge on any atom is 0.407 e. The predicted octanol–water partition coefficient (Wildman–Crippen LogP) is 3.95. The van der Waals surface area contributed by atoms with Crippen molar-refractivity contribution < 1.29 is 14.3 Å². The first-order valence-electron chi connectivity index (χ1n) is 8.72. The topological polar surface area (TPSA) is 86.5 Å². The Morgan fingerprint density at radius 3 is 2.62 bits per heavy atom. The molecule has 0 aliphatic heterocycles. The van der Waals surface area contributed by atoms with Crippen LogP contribution in [0.2, 0.25) is 0 Å². The number of rotatable bonds is 8. The van der Waals surface area contributed by atoms with Crippen LogP contribution in [-0.2, 0) is 11.3 Å². The fourth-order valence-corrected chi connectivity index (χ4v) is 2.98. The van der Waals surface area contributed by atoms with Crippen LogP contribution in [0, 0.1) is 0 Å². The first-order chi connectivity index (χ1) is 12.4. The van der Waals surface area contributed by atoms with E-state index in [1.165, 1.54) is 0 Å². The number of unbranched alkanes of at least 4 members (excludes halogenated alkanes) is 1. The quantitative estimate of drug-likeness (QED) is 0.680. The van der Waals surface area contributed by atoms with Gasteiger partial charge in [0.05, 0.1) is 13.2 Å². The number of alkyl carbamates (subject to hydrolysis) is 1. The fraction of sp³-hybridized carbons (Fsp3) is 0.474. The number of nitrogens with one attached hydrogen (secondary N) is 1. The Morgan fingerprint density at radius 1 is 1.23 bits per heavy atom. The molecule has 1 aromatic heterocycles. The van der Waals surface area contributed by atoms with Crippen LogP contribution in [0.1, 0.15) is 38.5 Å². The summed E-state index contributed by atoms with van der Waals surface area (Å²) in [5, 5.41) is 3.65. The molecular weight excluding hydrogens is 350 g/mol. The van der Waals surface area contributed by atoms with Gasteiger partial charge in [-0.3, -0.25) is 0 Å². The largest absolute Gasteiger partial charge is 0.494 e. The zero-order valence-corrected chi connectivity index (χ0v) is 16.4. The number of nitrogens with zero attached hydrogens (tertiary/aromatic N) is 1. The normalized spacial score (nSPS) is 11.2. The van der Waals surface area contributed by atoms with E-state index in [9.17, 15) is 4.79 Å². The lowest BCUT2D eigenvalue weighted by atomic mass is 10.2.